The monoisotopic (exact) mass is 310 g/mol. The van der Waals surface area contributed by atoms with Crippen LogP contribution >= 0.6 is 0 Å². The van der Waals surface area contributed by atoms with Crippen molar-refractivity contribution in [2.75, 3.05) is 56.1 Å². The Morgan fingerprint density at radius 3 is 2.32 bits per heavy atom. The molecule has 2 rings (SSSR count). The van der Waals surface area contributed by atoms with Crippen molar-refractivity contribution in [3.05, 3.63) is 28.1 Å². The van der Waals surface area contributed by atoms with Crippen LogP contribution in [0.25, 0.3) is 0 Å². The number of likely N-dealkylation sites (N-methyl/N-ethyl adjacent to an activating group) is 1. The third-order valence-electron chi connectivity index (χ3n) is 4.19. The molecule has 7 heteroatoms. The van der Waals surface area contributed by atoms with Gasteiger partial charge in [-0.25, -0.2) is 4.39 Å². The van der Waals surface area contributed by atoms with Gasteiger partial charge in [-0.05, 0) is 27.0 Å². The Morgan fingerprint density at radius 2 is 1.82 bits per heavy atom. The number of benzene rings is 1. The molecule has 0 unspecified atom stereocenters. The third-order valence-corrected chi connectivity index (χ3v) is 4.19. The first-order valence-electron chi connectivity index (χ1n) is 7.64. The van der Waals surface area contributed by atoms with Crippen LogP contribution in [-0.2, 0) is 0 Å². The SMILES string of the molecule is CCN(CC)c1cc(N2CCN(C)CC2)c([N+](=O)[O-])cc1F. The highest BCUT2D eigenvalue weighted by atomic mass is 19.1. The second kappa shape index (κ2) is 6.91. The summed E-state index contributed by atoms with van der Waals surface area (Å²) in [7, 11) is 2.03. The van der Waals surface area contributed by atoms with Crippen molar-refractivity contribution in [2.24, 2.45) is 0 Å². The first kappa shape index (κ1) is 16.5. The van der Waals surface area contributed by atoms with Crippen LogP contribution < -0.4 is 9.80 Å². The standard InChI is InChI=1S/C15H23FN4O2/c1-4-18(5-2)13-11-14(15(20(21)22)10-12(13)16)19-8-6-17(3)7-9-19/h10-11H,4-9H2,1-3H3. The van der Waals surface area contributed by atoms with E-state index in [4.69, 9.17) is 0 Å². The molecule has 0 N–H and O–H groups in total. The molecule has 0 radical (unpaired) electrons. The number of hydrogen-bond donors (Lipinski definition) is 0. The Balaban J connectivity index is 2.44. The highest BCUT2D eigenvalue weighted by Gasteiger charge is 2.26. The summed E-state index contributed by atoms with van der Waals surface area (Å²) in [5, 5.41) is 11.3. The molecular formula is C15H23FN4O2. The number of nitro groups is 1. The molecule has 1 fully saturated rings. The van der Waals surface area contributed by atoms with Gasteiger partial charge in [0.1, 0.15) is 5.69 Å². The molecule has 0 aromatic heterocycles. The van der Waals surface area contributed by atoms with Crippen molar-refractivity contribution in [3.63, 3.8) is 0 Å². The van der Waals surface area contributed by atoms with E-state index in [0.29, 0.717) is 37.6 Å². The molecule has 1 aliphatic rings. The second-order valence-electron chi connectivity index (χ2n) is 5.51. The van der Waals surface area contributed by atoms with Gasteiger partial charge in [0, 0.05) is 39.3 Å². The van der Waals surface area contributed by atoms with Gasteiger partial charge < -0.3 is 14.7 Å². The Bertz CT molecular complexity index is 541. The lowest BCUT2D eigenvalue weighted by Crippen LogP contribution is -2.44. The lowest BCUT2D eigenvalue weighted by Gasteiger charge is -2.34. The number of rotatable bonds is 5. The molecule has 0 bridgehead atoms. The highest BCUT2D eigenvalue weighted by molar-refractivity contribution is 5.71. The van der Waals surface area contributed by atoms with Crippen LogP contribution in [-0.4, -0.2) is 56.1 Å². The molecule has 0 spiro atoms. The highest BCUT2D eigenvalue weighted by Crippen LogP contribution is 2.35. The fraction of sp³-hybridized carbons (Fsp3) is 0.600. The minimum Gasteiger partial charge on any atom is -0.370 e. The molecule has 22 heavy (non-hydrogen) atoms. The lowest BCUT2D eigenvalue weighted by molar-refractivity contribution is -0.384. The van der Waals surface area contributed by atoms with Gasteiger partial charge in [0.2, 0.25) is 0 Å². The van der Waals surface area contributed by atoms with E-state index in [-0.39, 0.29) is 5.69 Å². The number of anilines is 2. The zero-order valence-electron chi connectivity index (χ0n) is 13.4. The summed E-state index contributed by atoms with van der Waals surface area (Å²) in [6, 6.07) is 2.69. The van der Waals surface area contributed by atoms with E-state index in [1.165, 1.54) is 0 Å². The van der Waals surface area contributed by atoms with Crippen LogP contribution in [0.1, 0.15) is 13.8 Å². The van der Waals surface area contributed by atoms with Crippen molar-refractivity contribution < 1.29 is 9.31 Å². The summed E-state index contributed by atoms with van der Waals surface area (Å²) >= 11 is 0. The maximum atomic E-state index is 14.3. The normalized spacial score (nSPS) is 15.9. The van der Waals surface area contributed by atoms with Crippen molar-refractivity contribution in [2.45, 2.75) is 13.8 Å². The molecule has 6 nitrogen and oxygen atoms in total. The summed E-state index contributed by atoms with van der Waals surface area (Å²) in [5.74, 6) is -0.534. The predicted molar refractivity (Wildman–Crippen MR) is 86.3 cm³/mol. The maximum absolute atomic E-state index is 14.3. The third kappa shape index (κ3) is 3.30. The van der Waals surface area contributed by atoms with E-state index in [0.717, 1.165) is 19.2 Å². The molecule has 1 aromatic rings. The van der Waals surface area contributed by atoms with Gasteiger partial charge in [0.05, 0.1) is 16.7 Å². The Hall–Kier alpha value is -1.89. The van der Waals surface area contributed by atoms with Crippen molar-refractivity contribution in [1.29, 1.82) is 0 Å². The summed E-state index contributed by atoms with van der Waals surface area (Å²) in [6.45, 7) is 8.31. The van der Waals surface area contributed by atoms with E-state index in [1.54, 1.807) is 6.07 Å². The van der Waals surface area contributed by atoms with Crippen molar-refractivity contribution in [3.8, 4) is 0 Å². The summed E-state index contributed by atoms with van der Waals surface area (Å²) in [6.07, 6.45) is 0. The van der Waals surface area contributed by atoms with Crippen LogP contribution in [0.3, 0.4) is 0 Å². The molecule has 1 saturated heterocycles. The number of nitrogens with zero attached hydrogens (tertiary/aromatic N) is 4. The molecule has 122 valence electrons. The average molecular weight is 310 g/mol. The quantitative estimate of drug-likeness (QED) is 0.617. The van der Waals surface area contributed by atoms with Gasteiger partial charge in [-0.2, -0.15) is 0 Å². The smallest absolute Gasteiger partial charge is 0.295 e. The fourth-order valence-electron chi connectivity index (χ4n) is 2.79. The lowest BCUT2D eigenvalue weighted by atomic mass is 10.1. The predicted octanol–water partition coefficient (Wildman–Crippen LogP) is 2.33. The second-order valence-corrected chi connectivity index (χ2v) is 5.51. The molecule has 1 aromatic carbocycles. The van der Waals surface area contributed by atoms with Gasteiger partial charge in [-0.3, -0.25) is 10.1 Å². The molecule has 1 aliphatic heterocycles. The van der Waals surface area contributed by atoms with Crippen LogP contribution in [0.2, 0.25) is 0 Å². The molecule has 1 heterocycles. The van der Waals surface area contributed by atoms with Gasteiger partial charge in [0.15, 0.2) is 5.82 Å². The van der Waals surface area contributed by atoms with Gasteiger partial charge in [-0.15, -0.1) is 0 Å². The number of halogens is 1. The van der Waals surface area contributed by atoms with E-state index >= 15 is 0 Å². The van der Waals surface area contributed by atoms with E-state index < -0.39 is 10.7 Å². The topological polar surface area (TPSA) is 52.9 Å². The van der Waals surface area contributed by atoms with Crippen molar-refractivity contribution in [1.82, 2.24) is 4.90 Å². The molecule has 0 amide bonds. The largest absolute Gasteiger partial charge is 0.370 e. The van der Waals surface area contributed by atoms with Gasteiger partial charge in [0.25, 0.3) is 5.69 Å². The Morgan fingerprint density at radius 1 is 1.23 bits per heavy atom. The first-order valence-corrected chi connectivity index (χ1v) is 7.64. The zero-order chi connectivity index (χ0) is 16.3. The molecule has 0 atom stereocenters. The Kier molecular flexibility index (Phi) is 5.18. The van der Waals surface area contributed by atoms with E-state index in [1.807, 2.05) is 30.7 Å². The van der Waals surface area contributed by atoms with Crippen LogP contribution in [0.5, 0.6) is 0 Å². The van der Waals surface area contributed by atoms with E-state index in [2.05, 4.69) is 4.90 Å². The number of hydrogen-bond acceptors (Lipinski definition) is 5. The number of piperazine rings is 1. The van der Waals surface area contributed by atoms with E-state index in [9.17, 15) is 14.5 Å². The minimum absolute atomic E-state index is 0.155. The van der Waals surface area contributed by atoms with Crippen LogP contribution in [0.15, 0.2) is 12.1 Å². The van der Waals surface area contributed by atoms with Gasteiger partial charge in [-0.1, -0.05) is 0 Å². The number of nitro benzene ring substituents is 1. The Labute approximate surface area is 130 Å². The van der Waals surface area contributed by atoms with Crippen LogP contribution in [0.4, 0.5) is 21.5 Å². The first-order chi connectivity index (χ1) is 10.5. The van der Waals surface area contributed by atoms with Gasteiger partial charge >= 0.3 is 0 Å². The zero-order valence-corrected chi connectivity index (χ0v) is 13.4. The average Bonchev–Trinajstić information content (AvgIpc) is 2.50. The summed E-state index contributed by atoms with van der Waals surface area (Å²) < 4.78 is 14.3. The summed E-state index contributed by atoms with van der Waals surface area (Å²) in [5.41, 5.74) is 0.795. The summed E-state index contributed by atoms with van der Waals surface area (Å²) in [4.78, 5) is 16.8. The minimum atomic E-state index is -0.534. The van der Waals surface area contributed by atoms with Crippen molar-refractivity contribution >= 4 is 17.1 Å². The fourth-order valence-corrected chi connectivity index (χ4v) is 2.79. The van der Waals surface area contributed by atoms with Crippen LogP contribution in [0, 0.1) is 15.9 Å². The molecular weight excluding hydrogens is 287 g/mol. The molecule has 0 saturated carbocycles. The maximum Gasteiger partial charge on any atom is 0.295 e. The molecule has 0 aliphatic carbocycles.